The molecule has 0 saturated carbocycles. The number of rotatable bonds is 11. The van der Waals surface area contributed by atoms with E-state index in [0.717, 1.165) is 51.4 Å². The molecule has 0 amide bonds. The molecule has 0 unspecified atom stereocenters. The van der Waals surface area contributed by atoms with E-state index in [0.29, 0.717) is 0 Å². The fourth-order valence-electron chi connectivity index (χ4n) is 2.42. The van der Waals surface area contributed by atoms with Crippen molar-refractivity contribution in [3.05, 3.63) is 0 Å². The van der Waals surface area contributed by atoms with Crippen molar-refractivity contribution in [3.63, 3.8) is 0 Å². The minimum absolute atomic E-state index is 0.0236. The summed E-state index contributed by atoms with van der Waals surface area (Å²) >= 11 is 5.05. The highest BCUT2D eigenvalue weighted by Gasteiger charge is 2.29. The van der Waals surface area contributed by atoms with Crippen LogP contribution in [0.1, 0.15) is 85.0 Å². The molecule has 1 nitrogen and oxygen atoms in total. The molecule has 0 aromatic carbocycles. The topological polar surface area (TPSA) is 17.1 Å². The second-order valence-corrected chi connectivity index (χ2v) is 5.60. The normalized spacial score (nSPS) is 11.7. The molecule has 0 aliphatic carbocycles. The molecule has 0 fully saturated rings. The van der Waals surface area contributed by atoms with Crippen LogP contribution < -0.4 is 0 Å². The van der Waals surface area contributed by atoms with Crippen LogP contribution in [0.3, 0.4) is 0 Å². The zero-order valence-corrected chi connectivity index (χ0v) is 12.7. The third-order valence-electron chi connectivity index (χ3n) is 3.71. The maximum absolute atomic E-state index is 11.9. The minimum Gasteiger partial charge on any atom is -0.741 e. The van der Waals surface area contributed by atoms with Gasteiger partial charge in [0.25, 0.3) is 0 Å². The van der Waals surface area contributed by atoms with Gasteiger partial charge in [-0.25, -0.2) is 0 Å². The predicted molar refractivity (Wildman–Crippen MR) is 78.0 cm³/mol. The van der Waals surface area contributed by atoms with Gasteiger partial charge in [-0.1, -0.05) is 65.7 Å². The number of carbonyl (C=O) groups is 1. The zero-order valence-electron chi connectivity index (χ0n) is 11.9. The van der Waals surface area contributed by atoms with Gasteiger partial charge in [-0.3, -0.25) is 0 Å². The smallest absolute Gasteiger partial charge is 0.0181 e. The van der Waals surface area contributed by atoms with Crippen molar-refractivity contribution in [1.29, 1.82) is 0 Å². The molecule has 0 radical (unpaired) electrons. The molecule has 0 bridgehead atoms. The lowest BCUT2D eigenvalue weighted by atomic mass is 9.75. The molecule has 0 spiro atoms. The fraction of sp³-hybridized carbons (Fsp3) is 0.933. The Morgan fingerprint density at radius 1 is 0.824 bits per heavy atom. The second-order valence-electron chi connectivity index (χ2n) is 5.23. The van der Waals surface area contributed by atoms with Gasteiger partial charge in [-0.15, -0.1) is 0 Å². The third kappa shape index (κ3) is 6.40. The molecule has 0 aliphatic rings. The zero-order chi connectivity index (χ0) is 13.1. The maximum Gasteiger partial charge on any atom is 0.0181 e. The van der Waals surface area contributed by atoms with E-state index in [4.69, 9.17) is 12.6 Å². The van der Waals surface area contributed by atoms with Crippen LogP contribution in [0.2, 0.25) is 0 Å². The van der Waals surface area contributed by atoms with Crippen molar-refractivity contribution in [2.45, 2.75) is 85.0 Å². The summed E-state index contributed by atoms with van der Waals surface area (Å²) in [5, 5.41) is 0.0236. The Bertz CT molecular complexity index is 193. The predicted octanol–water partition coefficient (Wildman–Crippen LogP) is 5.01. The SMILES string of the molecule is CCCCCC(CCCC)(CCCC)C(=O)[S-]. The summed E-state index contributed by atoms with van der Waals surface area (Å²) < 4.78 is 0. The summed E-state index contributed by atoms with van der Waals surface area (Å²) in [6, 6.07) is 0. The monoisotopic (exact) mass is 257 g/mol. The van der Waals surface area contributed by atoms with Gasteiger partial charge in [-0.05, 0) is 19.3 Å². The Morgan fingerprint density at radius 3 is 1.59 bits per heavy atom. The molecule has 0 aromatic heterocycles. The van der Waals surface area contributed by atoms with Crippen molar-refractivity contribution < 1.29 is 4.79 Å². The molecule has 0 rings (SSSR count). The van der Waals surface area contributed by atoms with E-state index in [-0.39, 0.29) is 10.5 Å². The molecule has 2 heteroatoms. The van der Waals surface area contributed by atoms with E-state index in [1.807, 2.05) is 0 Å². The van der Waals surface area contributed by atoms with Crippen molar-refractivity contribution in [2.24, 2.45) is 5.41 Å². The Labute approximate surface area is 113 Å². The van der Waals surface area contributed by atoms with Gasteiger partial charge < -0.3 is 17.4 Å². The molecule has 0 N–H and O–H groups in total. The van der Waals surface area contributed by atoms with Gasteiger partial charge in [0.05, 0.1) is 0 Å². The quantitative estimate of drug-likeness (QED) is 0.382. The van der Waals surface area contributed by atoms with Gasteiger partial charge in [0.1, 0.15) is 0 Å². The Hall–Kier alpha value is -0.110. The van der Waals surface area contributed by atoms with Crippen molar-refractivity contribution in [3.8, 4) is 0 Å². The average molecular weight is 257 g/mol. The molecule has 102 valence electrons. The van der Waals surface area contributed by atoms with Crippen LogP contribution in [0, 0.1) is 5.41 Å². The molecule has 0 saturated heterocycles. The summed E-state index contributed by atoms with van der Waals surface area (Å²) in [4.78, 5) is 11.9. The fourth-order valence-corrected chi connectivity index (χ4v) is 2.73. The first kappa shape index (κ1) is 16.9. The lowest BCUT2D eigenvalue weighted by molar-refractivity contribution is -0.121. The molecule has 0 aromatic rings. The summed E-state index contributed by atoms with van der Waals surface area (Å²) in [7, 11) is 0. The average Bonchev–Trinajstić information content (AvgIpc) is 2.32. The number of hydrogen-bond donors (Lipinski definition) is 0. The second kappa shape index (κ2) is 9.87. The van der Waals surface area contributed by atoms with E-state index in [1.165, 1.54) is 12.8 Å². The van der Waals surface area contributed by atoms with Crippen LogP contribution in [-0.4, -0.2) is 5.12 Å². The molecule has 0 atom stereocenters. The first-order chi connectivity index (χ1) is 8.13. The summed E-state index contributed by atoms with van der Waals surface area (Å²) in [5.74, 6) is 0. The van der Waals surface area contributed by atoms with Gasteiger partial charge in [0, 0.05) is 10.5 Å². The van der Waals surface area contributed by atoms with E-state index in [1.54, 1.807) is 0 Å². The van der Waals surface area contributed by atoms with Crippen molar-refractivity contribution in [1.82, 2.24) is 0 Å². The summed E-state index contributed by atoms with van der Waals surface area (Å²) in [6.45, 7) is 6.57. The lowest BCUT2D eigenvalue weighted by Crippen LogP contribution is -2.30. The number of carbonyl (C=O) groups excluding carboxylic acids is 1. The minimum atomic E-state index is -0.170. The van der Waals surface area contributed by atoms with Gasteiger partial charge >= 0.3 is 0 Å². The van der Waals surface area contributed by atoms with Crippen LogP contribution in [0.4, 0.5) is 0 Å². The van der Waals surface area contributed by atoms with Crippen LogP contribution in [0.15, 0.2) is 0 Å². The van der Waals surface area contributed by atoms with E-state index < -0.39 is 0 Å². The summed E-state index contributed by atoms with van der Waals surface area (Å²) in [6.07, 6.45) is 11.2. The Balaban J connectivity index is 4.50. The highest BCUT2D eigenvalue weighted by atomic mass is 32.1. The van der Waals surface area contributed by atoms with Crippen LogP contribution >= 0.6 is 0 Å². The summed E-state index contributed by atoms with van der Waals surface area (Å²) in [5.41, 5.74) is -0.170. The Morgan fingerprint density at radius 2 is 1.24 bits per heavy atom. The molecule has 0 heterocycles. The maximum atomic E-state index is 11.9. The molecule has 0 aliphatic heterocycles. The van der Waals surface area contributed by atoms with Crippen molar-refractivity contribution in [2.75, 3.05) is 0 Å². The molecule has 17 heavy (non-hydrogen) atoms. The van der Waals surface area contributed by atoms with Crippen molar-refractivity contribution >= 4 is 17.7 Å². The van der Waals surface area contributed by atoms with Gasteiger partial charge in [0.2, 0.25) is 0 Å². The first-order valence-electron chi connectivity index (χ1n) is 7.34. The van der Waals surface area contributed by atoms with E-state index in [2.05, 4.69) is 20.8 Å². The number of hydrogen-bond acceptors (Lipinski definition) is 2. The first-order valence-corrected chi connectivity index (χ1v) is 7.75. The largest absolute Gasteiger partial charge is 0.741 e. The molecular weight excluding hydrogens is 228 g/mol. The van der Waals surface area contributed by atoms with Crippen LogP contribution in [0.5, 0.6) is 0 Å². The third-order valence-corrected chi connectivity index (χ3v) is 4.14. The van der Waals surface area contributed by atoms with Gasteiger partial charge in [0.15, 0.2) is 0 Å². The number of unbranched alkanes of at least 4 members (excludes halogenated alkanes) is 4. The van der Waals surface area contributed by atoms with Crippen LogP contribution in [-0.2, 0) is 17.4 Å². The highest BCUT2D eigenvalue weighted by molar-refractivity contribution is 7.77. The highest BCUT2D eigenvalue weighted by Crippen LogP contribution is 2.37. The van der Waals surface area contributed by atoms with Crippen LogP contribution in [0.25, 0.3) is 0 Å². The van der Waals surface area contributed by atoms with E-state index in [9.17, 15) is 4.79 Å². The molecular formula is C15H29OS-. The van der Waals surface area contributed by atoms with E-state index >= 15 is 0 Å². The van der Waals surface area contributed by atoms with Gasteiger partial charge in [-0.2, -0.15) is 0 Å². The lowest BCUT2D eigenvalue weighted by Gasteiger charge is -2.36. The Kier molecular flexibility index (Phi) is 9.81. The standard InChI is InChI=1S/C15H30OS/c1-4-7-10-13-15(14(16)17,11-8-5-2)12-9-6-3/h4-13H2,1-3H3,(H,16,17)/p-1.